The van der Waals surface area contributed by atoms with Crippen molar-refractivity contribution < 1.29 is 28.9 Å². The first kappa shape index (κ1) is 24.4. The second kappa shape index (κ2) is 12.1. The number of halogens is 2. The number of carbonyl (C=O) groups is 1. The number of rotatable bonds is 9. The molecule has 3 rings (SSSR count). The smallest absolute Gasteiger partial charge is 0.230 e. The molecule has 1 aromatic carbocycles. The summed E-state index contributed by atoms with van der Waals surface area (Å²) < 4.78 is 23.6. The standard InChI is InChI=1S/C18H22BrFN6O5S/c19-13-7-11(1-2-14(13)20)22-17(23-29)16-18(25-31-24-16)32-10-15(28)21-8-12(27)9-26-3-5-30-6-4-26/h1-2,7,12,27,29H,3-6,8-10H2,(H,21,28)(H,22,23). The molecule has 32 heavy (non-hydrogen) atoms. The van der Waals surface area contributed by atoms with Gasteiger partial charge >= 0.3 is 0 Å². The van der Waals surface area contributed by atoms with E-state index in [1.54, 1.807) is 0 Å². The van der Waals surface area contributed by atoms with Crippen LogP contribution >= 0.6 is 27.7 Å². The molecular weight excluding hydrogens is 511 g/mol. The van der Waals surface area contributed by atoms with Crippen LogP contribution in [0.1, 0.15) is 5.69 Å². The van der Waals surface area contributed by atoms with Crippen LogP contribution in [-0.2, 0) is 9.53 Å². The molecule has 11 nitrogen and oxygen atoms in total. The maximum absolute atomic E-state index is 13.4. The Bertz CT molecular complexity index is 942. The van der Waals surface area contributed by atoms with Crippen LogP contribution in [0.15, 0.2) is 37.5 Å². The van der Waals surface area contributed by atoms with Gasteiger partial charge in [-0.05, 0) is 44.4 Å². The van der Waals surface area contributed by atoms with Gasteiger partial charge in [0.1, 0.15) is 5.82 Å². The zero-order valence-corrected chi connectivity index (χ0v) is 19.2. The molecule has 0 bridgehead atoms. The fourth-order valence-corrected chi connectivity index (χ4v) is 3.93. The third-order valence-corrected chi connectivity index (χ3v) is 5.97. The summed E-state index contributed by atoms with van der Waals surface area (Å²) in [5, 5.41) is 35.7. The van der Waals surface area contributed by atoms with Crippen LogP contribution in [0.2, 0.25) is 0 Å². The maximum atomic E-state index is 13.4. The van der Waals surface area contributed by atoms with E-state index in [1.807, 2.05) is 0 Å². The Labute approximate surface area is 195 Å². The van der Waals surface area contributed by atoms with E-state index in [0.717, 1.165) is 24.9 Å². The van der Waals surface area contributed by atoms with Crippen LogP contribution < -0.4 is 10.6 Å². The lowest BCUT2D eigenvalue weighted by atomic mass is 10.3. The number of amidine groups is 1. The zero-order chi connectivity index (χ0) is 22.9. The van der Waals surface area contributed by atoms with E-state index in [2.05, 4.69) is 46.9 Å². The molecule has 1 aromatic heterocycles. The van der Waals surface area contributed by atoms with Crippen LogP contribution in [-0.4, -0.2) is 88.5 Å². The van der Waals surface area contributed by atoms with Gasteiger partial charge in [0, 0.05) is 31.9 Å². The summed E-state index contributed by atoms with van der Waals surface area (Å²) >= 11 is 4.10. The van der Waals surface area contributed by atoms with Crippen LogP contribution in [0, 0.1) is 5.82 Å². The lowest BCUT2D eigenvalue weighted by Crippen LogP contribution is -2.44. The molecule has 1 saturated heterocycles. The molecule has 0 spiro atoms. The molecule has 0 saturated carbocycles. The van der Waals surface area contributed by atoms with E-state index in [9.17, 15) is 19.5 Å². The summed E-state index contributed by atoms with van der Waals surface area (Å²) in [5.74, 6) is -0.873. The number of benzene rings is 1. The van der Waals surface area contributed by atoms with Gasteiger partial charge in [-0.15, -0.1) is 0 Å². The molecule has 4 N–H and O–H groups in total. The van der Waals surface area contributed by atoms with Crippen molar-refractivity contribution in [1.82, 2.24) is 20.5 Å². The summed E-state index contributed by atoms with van der Waals surface area (Å²) in [4.78, 5) is 14.2. The van der Waals surface area contributed by atoms with E-state index >= 15 is 0 Å². The summed E-state index contributed by atoms with van der Waals surface area (Å²) in [6.45, 7) is 3.34. The highest BCUT2D eigenvalue weighted by atomic mass is 79.9. The number of nitrogens with zero attached hydrogens (tertiary/aromatic N) is 4. The number of aliphatic hydroxyl groups is 1. The highest BCUT2D eigenvalue weighted by Crippen LogP contribution is 2.23. The number of oxime groups is 1. The van der Waals surface area contributed by atoms with E-state index in [4.69, 9.17) is 9.37 Å². The first-order valence-electron chi connectivity index (χ1n) is 9.61. The highest BCUT2D eigenvalue weighted by molar-refractivity contribution is 9.10. The number of thioether (sulfide) groups is 1. The molecular formula is C18H22BrFN6O5S. The van der Waals surface area contributed by atoms with Gasteiger partial charge in [-0.1, -0.05) is 16.9 Å². The third kappa shape index (κ3) is 7.13. The average molecular weight is 533 g/mol. The van der Waals surface area contributed by atoms with Gasteiger partial charge in [-0.2, -0.15) is 0 Å². The number of anilines is 1. The fourth-order valence-electron chi connectivity index (χ4n) is 2.82. The fraction of sp³-hybridized carbons (Fsp3) is 0.444. The molecule has 2 heterocycles. The zero-order valence-electron chi connectivity index (χ0n) is 16.8. The molecule has 14 heteroatoms. The number of β-amino-alcohol motifs (C(OH)–C–C–N with tert-alkyl or cyclic N) is 1. The lowest BCUT2D eigenvalue weighted by molar-refractivity contribution is -0.119. The molecule has 1 aliphatic rings. The summed E-state index contributed by atoms with van der Waals surface area (Å²) in [7, 11) is 0. The Morgan fingerprint density at radius 2 is 2.16 bits per heavy atom. The number of hydrogen-bond acceptors (Lipinski definition) is 10. The van der Waals surface area contributed by atoms with Crippen molar-refractivity contribution >= 4 is 45.1 Å². The van der Waals surface area contributed by atoms with Crippen molar-refractivity contribution in [1.29, 1.82) is 0 Å². The first-order chi connectivity index (χ1) is 15.5. The minimum Gasteiger partial charge on any atom is -0.409 e. The molecule has 1 aliphatic heterocycles. The predicted octanol–water partition coefficient (Wildman–Crippen LogP) is 1.12. The van der Waals surface area contributed by atoms with Crippen molar-refractivity contribution in [2.24, 2.45) is 5.16 Å². The van der Waals surface area contributed by atoms with E-state index in [1.165, 1.54) is 18.2 Å². The number of amides is 1. The summed E-state index contributed by atoms with van der Waals surface area (Å²) in [6.07, 6.45) is -0.696. The van der Waals surface area contributed by atoms with Gasteiger partial charge in [0.2, 0.25) is 11.7 Å². The topological polar surface area (TPSA) is 145 Å². The average Bonchev–Trinajstić information content (AvgIpc) is 3.26. The molecule has 174 valence electrons. The Kier molecular flexibility index (Phi) is 9.23. The SMILES string of the molecule is O=C(CSc1nonc1/C(=N/O)Nc1ccc(F)c(Br)c1)NCC(O)CN1CCOCC1. The van der Waals surface area contributed by atoms with Gasteiger partial charge in [0.25, 0.3) is 0 Å². The first-order valence-corrected chi connectivity index (χ1v) is 11.4. The second-order valence-corrected chi connectivity index (χ2v) is 8.60. The Morgan fingerprint density at radius 1 is 1.38 bits per heavy atom. The second-order valence-electron chi connectivity index (χ2n) is 6.78. The largest absolute Gasteiger partial charge is 0.409 e. The van der Waals surface area contributed by atoms with Crippen molar-refractivity contribution in [2.75, 3.05) is 50.5 Å². The Morgan fingerprint density at radius 3 is 2.88 bits per heavy atom. The number of hydrogen-bond donors (Lipinski definition) is 4. The molecule has 1 unspecified atom stereocenters. The van der Waals surface area contributed by atoms with Crippen molar-refractivity contribution in [2.45, 2.75) is 11.1 Å². The third-order valence-electron chi connectivity index (χ3n) is 4.41. The van der Waals surface area contributed by atoms with E-state index in [0.29, 0.717) is 25.4 Å². The molecule has 2 aromatic rings. The molecule has 1 amide bonds. The summed E-state index contributed by atoms with van der Waals surface area (Å²) in [6, 6.07) is 4.13. The van der Waals surface area contributed by atoms with Gasteiger partial charge in [-0.25, -0.2) is 9.02 Å². The van der Waals surface area contributed by atoms with E-state index < -0.39 is 11.9 Å². The number of ether oxygens (including phenoxy) is 1. The Balaban J connectivity index is 1.49. The highest BCUT2D eigenvalue weighted by Gasteiger charge is 2.20. The normalized spacial score (nSPS) is 16.0. The van der Waals surface area contributed by atoms with Crippen LogP contribution in [0.5, 0.6) is 0 Å². The molecule has 1 fully saturated rings. The monoisotopic (exact) mass is 532 g/mol. The van der Waals surface area contributed by atoms with E-state index in [-0.39, 0.29) is 39.2 Å². The summed E-state index contributed by atoms with van der Waals surface area (Å²) in [5.41, 5.74) is 0.509. The number of aliphatic hydroxyl groups excluding tert-OH is 1. The molecule has 0 radical (unpaired) electrons. The van der Waals surface area contributed by atoms with Crippen LogP contribution in [0.3, 0.4) is 0 Å². The quantitative estimate of drug-likeness (QED) is 0.122. The number of nitrogens with one attached hydrogen (secondary N) is 2. The minimum absolute atomic E-state index is 0.0215. The van der Waals surface area contributed by atoms with Gasteiger partial charge in [0.15, 0.2) is 10.7 Å². The van der Waals surface area contributed by atoms with Crippen LogP contribution in [0.4, 0.5) is 10.1 Å². The van der Waals surface area contributed by atoms with Crippen molar-refractivity contribution in [3.05, 3.63) is 34.2 Å². The Hall–Kier alpha value is -2.26. The number of morpholine rings is 1. The van der Waals surface area contributed by atoms with Crippen LogP contribution in [0.25, 0.3) is 0 Å². The number of aromatic nitrogens is 2. The minimum atomic E-state index is -0.696. The van der Waals surface area contributed by atoms with Crippen molar-refractivity contribution in [3.63, 3.8) is 0 Å². The van der Waals surface area contributed by atoms with Gasteiger partial charge < -0.3 is 25.7 Å². The van der Waals surface area contributed by atoms with Gasteiger partial charge in [0.05, 0.1) is 29.5 Å². The molecule has 1 atom stereocenters. The van der Waals surface area contributed by atoms with Gasteiger partial charge in [-0.3, -0.25) is 9.69 Å². The maximum Gasteiger partial charge on any atom is 0.230 e. The predicted molar refractivity (Wildman–Crippen MR) is 117 cm³/mol. The molecule has 0 aliphatic carbocycles. The number of carbonyl (C=O) groups excluding carboxylic acids is 1. The van der Waals surface area contributed by atoms with Crippen molar-refractivity contribution in [3.8, 4) is 0 Å². The lowest BCUT2D eigenvalue weighted by Gasteiger charge is -2.28.